The average molecular weight is 301 g/mol. The van der Waals surface area contributed by atoms with Crippen molar-refractivity contribution in [2.75, 3.05) is 11.9 Å². The Labute approximate surface area is 117 Å². The first kappa shape index (κ1) is 14.4. The van der Waals surface area contributed by atoms with Crippen LogP contribution in [0.3, 0.4) is 0 Å². The van der Waals surface area contributed by atoms with Gasteiger partial charge in [0.25, 0.3) is 0 Å². The Morgan fingerprint density at radius 2 is 2.50 bits per heavy atom. The number of rotatable bonds is 7. The standard InChI is InChI=1S/C11H12FN3O4S/c1-2-18-10(17)9(15-19-8-3-6(8)12)7-4-20-11(14-7)13-5-16/h4-6,8H,2-3H2,1H3,(H,13,14,16)/b15-9-. The van der Waals surface area contributed by atoms with Crippen LogP contribution in [0.5, 0.6) is 0 Å². The summed E-state index contributed by atoms with van der Waals surface area (Å²) in [5.74, 6) is -0.716. The first-order chi connectivity index (χ1) is 9.65. The summed E-state index contributed by atoms with van der Waals surface area (Å²) in [5.41, 5.74) is 0.0509. The lowest BCUT2D eigenvalue weighted by Crippen LogP contribution is -2.20. The monoisotopic (exact) mass is 301 g/mol. The van der Waals surface area contributed by atoms with Crippen LogP contribution in [0.4, 0.5) is 9.52 Å². The van der Waals surface area contributed by atoms with Crippen molar-refractivity contribution in [2.24, 2.45) is 5.16 Å². The number of esters is 1. The van der Waals surface area contributed by atoms with Crippen molar-refractivity contribution in [3.63, 3.8) is 0 Å². The van der Waals surface area contributed by atoms with Crippen LogP contribution in [0.25, 0.3) is 0 Å². The Hall–Kier alpha value is -2.03. The summed E-state index contributed by atoms with van der Waals surface area (Å²) in [6.45, 7) is 1.81. The molecular formula is C11H12FN3O4S. The number of alkyl halides is 1. The van der Waals surface area contributed by atoms with Crippen molar-refractivity contribution in [3.05, 3.63) is 11.1 Å². The highest BCUT2D eigenvalue weighted by Gasteiger charge is 2.41. The lowest BCUT2D eigenvalue weighted by atomic mass is 10.3. The summed E-state index contributed by atoms with van der Waals surface area (Å²) >= 11 is 1.12. The number of oxime groups is 1. The van der Waals surface area contributed by atoms with Crippen molar-refractivity contribution in [3.8, 4) is 0 Å². The Balaban J connectivity index is 2.15. The highest BCUT2D eigenvalue weighted by molar-refractivity contribution is 7.14. The summed E-state index contributed by atoms with van der Waals surface area (Å²) in [6.07, 6.45) is -0.942. The molecule has 0 bridgehead atoms. The third-order valence-electron chi connectivity index (χ3n) is 2.34. The predicted octanol–water partition coefficient (Wildman–Crippen LogP) is 1.11. The molecule has 108 valence electrons. The van der Waals surface area contributed by atoms with Gasteiger partial charge in [0, 0.05) is 11.8 Å². The highest BCUT2D eigenvalue weighted by atomic mass is 32.1. The van der Waals surface area contributed by atoms with Gasteiger partial charge in [-0.1, -0.05) is 5.16 Å². The molecule has 0 saturated heterocycles. The van der Waals surface area contributed by atoms with Gasteiger partial charge >= 0.3 is 5.97 Å². The van der Waals surface area contributed by atoms with E-state index >= 15 is 0 Å². The first-order valence-electron chi connectivity index (χ1n) is 5.86. The van der Waals surface area contributed by atoms with Crippen molar-refractivity contribution in [1.29, 1.82) is 0 Å². The number of nitrogens with one attached hydrogen (secondary N) is 1. The van der Waals surface area contributed by atoms with Crippen molar-refractivity contribution >= 4 is 34.6 Å². The van der Waals surface area contributed by atoms with E-state index in [1.807, 2.05) is 0 Å². The molecule has 7 nitrogen and oxygen atoms in total. The number of halogens is 1. The van der Waals surface area contributed by atoms with E-state index in [9.17, 15) is 14.0 Å². The number of nitrogens with zero attached hydrogens (tertiary/aromatic N) is 2. The van der Waals surface area contributed by atoms with E-state index in [-0.39, 0.29) is 24.4 Å². The molecule has 2 atom stereocenters. The Morgan fingerprint density at radius 1 is 1.75 bits per heavy atom. The van der Waals surface area contributed by atoms with Gasteiger partial charge in [0.05, 0.1) is 6.61 Å². The van der Waals surface area contributed by atoms with E-state index < -0.39 is 18.2 Å². The predicted molar refractivity (Wildman–Crippen MR) is 69.4 cm³/mol. The fourth-order valence-electron chi connectivity index (χ4n) is 1.26. The van der Waals surface area contributed by atoms with E-state index in [2.05, 4.69) is 15.5 Å². The fraction of sp³-hybridized carbons (Fsp3) is 0.455. The summed E-state index contributed by atoms with van der Waals surface area (Å²) in [5, 5.41) is 7.81. The number of anilines is 1. The molecular weight excluding hydrogens is 289 g/mol. The van der Waals surface area contributed by atoms with Gasteiger partial charge in [-0.15, -0.1) is 11.3 Å². The summed E-state index contributed by atoms with van der Waals surface area (Å²) < 4.78 is 17.5. The lowest BCUT2D eigenvalue weighted by Gasteiger charge is -2.03. The molecule has 1 aliphatic rings. The number of amides is 1. The molecule has 1 aromatic rings. The van der Waals surface area contributed by atoms with E-state index in [1.165, 1.54) is 5.38 Å². The molecule has 0 aromatic carbocycles. The van der Waals surface area contributed by atoms with Crippen molar-refractivity contribution in [2.45, 2.75) is 25.6 Å². The third-order valence-corrected chi connectivity index (χ3v) is 3.11. The van der Waals surface area contributed by atoms with Gasteiger partial charge in [0.15, 0.2) is 11.2 Å². The minimum atomic E-state index is -1.05. The van der Waals surface area contributed by atoms with Crippen LogP contribution in [0.2, 0.25) is 0 Å². The molecule has 2 rings (SSSR count). The Kier molecular flexibility index (Phi) is 4.61. The molecule has 20 heavy (non-hydrogen) atoms. The highest BCUT2D eigenvalue weighted by Crippen LogP contribution is 2.29. The maximum Gasteiger partial charge on any atom is 0.362 e. The molecule has 0 aliphatic heterocycles. The van der Waals surface area contributed by atoms with Gasteiger partial charge in [0.2, 0.25) is 12.1 Å². The number of hydrogen-bond donors (Lipinski definition) is 1. The number of thiazole rings is 1. The zero-order chi connectivity index (χ0) is 14.5. The van der Waals surface area contributed by atoms with Crippen LogP contribution in [0, 0.1) is 0 Å². The van der Waals surface area contributed by atoms with Gasteiger partial charge in [-0.3, -0.25) is 4.79 Å². The van der Waals surface area contributed by atoms with Crippen LogP contribution < -0.4 is 5.32 Å². The molecule has 0 spiro atoms. The minimum absolute atomic E-state index is 0.152. The van der Waals surface area contributed by atoms with Crippen molar-refractivity contribution in [1.82, 2.24) is 4.98 Å². The van der Waals surface area contributed by atoms with Gasteiger partial charge in [-0.25, -0.2) is 14.2 Å². The van der Waals surface area contributed by atoms with E-state index in [0.29, 0.717) is 11.5 Å². The summed E-state index contributed by atoms with van der Waals surface area (Å²) in [7, 11) is 0. The van der Waals surface area contributed by atoms with E-state index in [4.69, 9.17) is 9.57 Å². The molecule has 1 amide bonds. The van der Waals surface area contributed by atoms with Crippen LogP contribution in [0.1, 0.15) is 19.0 Å². The first-order valence-corrected chi connectivity index (χ1v) is 6.74. The second-order valence-electron chi connectivity index (χ2n) is 3.86. The number of aromatic nitrogens is 1. The molecule has 1 aromatic heterocycles. The van der Waals surface area contributed by atoms with Gasteiger partial charge in [-0.05, 0) is 6.92 Å². The maximum atomic E-state index is 12.7. The fourth-order valence-corrected chi connectivity index (χ4v) is 1.91. The topological polar surface area (TPSA) is 89.9 Å². The van der Waals surface area contributed by atoms with E-state index in [0.717, 1.165) is 11.3 Å². The SMILES string of the molecule is CCOC(=O)/C(=N\OC1CC1F)c1csc(NC=O)n1. The molecule has 1 aliphatic carbocycles. The lowest BCUT2D eigenvalue weighted by molar-refractivity contribution is -0.135. The van der Waals surface area contributed by atoms with Crippen LogP contribution in [-0.4, -0.2) is 42.0 Å². The maximum absolute atomic E-state index is 12.7. The van der Waals surface area contributed by atoms with Gasteiger partial charge in [-0.2, -0.15) is 0 Å². The van der Waals surface area contributed by atoms with Crippen molar-refractivity contribution < 1.29 is 23.6 Å². The summed E-state index contributed by atoms with van der Waals surface area (Å²) in [4.78, 5) is 31.0. The molecule has 1 heterocycles. The van der Waals surface area contributed by atoms with Crippen LogP contribution in [0.15, 0.2) is 10.5 Å². The number of carbonyl (C=O) groups is 2. The second kappa shape index (κ2) is 6.42. The molecule has 1 fully saturated rings. The van der Waals surface area contributed by atoms with Crippen LogP contribution in [-0.2, 0) is 19.2 Å². The number of hydrogen-bond acceptors (Lipinski definition) is 7. The quantitative estimate of drug-likeness (QED) is 0.352. The average Bonchev–Trinajstić information content (AvgIpc) is 2.92. The minimum Gasteiger partial charge on any atom is -0.461 e. The molecule has 1 N–H and O–H groups in total. The summed E-state index contributed by atoms with van der Waals surface area (Å²) in [6, 6.07) is 0. The van der Waals surface area contributed by atoms with Gasteiger partial charge < -0.3 is 14.9 Å². The zero-order valence-electron chi connectivity index (χ0n) is 10.5. The largest absolute Gasteiger partial charge is 0.461 e. The zero-order valence-corrected chi connectivity index (χ0v) is 11.4. The molecule has 2 unspecified atom stereocenters. The Bertz CT molecular complexity index is 533. The second-order valence-corrected chi connectivity index (χ2v) is 4.71. The number of ether oxygens (including phenoxy) is 1. The van der Waals surface area contributed by atoms with Crippen LogP contribution >= 0.6 is 11.3 Å². The normalized spacial score (nSPS) is 21.2. The number of carbonyl (C=O) groups excluding carboxylic acids is 2. The Morgan fingerprint density at radius 3 is 3.10 bits per heavy atom. The van der Waals surface area contributed by atoms with Gasteiger partial charge in [0.1, 0.15) is 11.9 Å². The molecule has 1 saturated carbocycles. The molecule has 9 heteroatoms. The van der Waals surface area contributed by atoms with E-state index in [1.54, 1.807) is 6.92 Å². The third kappa shape index (κ3) is 3.50. The molecule has 0 radical (unpaired) electrons. The smallest absolute Gasteiger partial charge is 0.362 e.